The Labute approximate surface area is 233 Å². The summed E-state index contributed by atoms with van der Waals surface area (Å²) in [5.74, 6) is 6.29. The fourth-order valence-corrected chi connectivity index (χ4v) is 5.79. The van der Waals surface area contributed by atoms with E-state index in [9.17, 15) is 17.6 Å². The summed E-state index contributed by atoms with van der Waals surface area (Å²) in [5.41, 5.74) is 8.63. The molecule has 11 heteroatoms. The molecule has 3 aromatic rings. The molecule has 1 aliphatic rings. The summed E-state index contributed by atoms with van der Waals surface area (Å²) < 4.78 is 56.7. The SMILES string of the molecule is C=CN.CCc1ccc(C)cc1NCC#Cc1cc2c(NC3CCN(C)CC3F)nccn2c1[Se]C(F)(F)F. The zero-order chi connectivity index (χ0) is 28.6. The zero-order valence-corrected chi connectivity index (χ0v) is 24.0. The van der Waals surface area contributed by atoms with Gasteiger partial charge in [0, 0.05) is 0 Å². The van der Waals surface area contributed by atoms with Gasteiger partial charge in [0.15, 0.2) is 0 Å². The summed E-state index contributed by atoms with van der Waals surface area (Å²) in [5, 5.41) is 2.07. The number of benzene rings is 1. The first kappa shape index (κ1) is 30.4. The van der Waals surface area contributed by atoms with Crippen molar-refractivity contribution < 1.29 is 17.6 Å². The third-order valence-corrected chi connectivity index (χ3v) is 7.93. The predicted molar refractivity (Wildman–Crippen MR) is 151 cm³/mol. The van der Waals surface area contributed by atoms with Crippen LogP contribution in [0, 0.1) is 18.8 Å². The number of nitrogens with two attached hydrogens (primary N) is 1. The van der Waals surface area contributed by atoms with Gasteiger partial charge < -0.3 is 5.73 Å². The van der Waals surface area contributed by atoms with E-state index in [1.165, 1.54) is 23.0 Å². The van der Waals surface area contributed by atoms with Crippen LogP contribution in [0.3, 0.4) is 0 Å². The third-order valence-electron chi connectivity index (χ3n) is 6.17. The first-order valence-electron chi connectivity index (χ1n) is 12.6. The Hall–Kier alpha value is -3.19. The molecule has 6 nitrogen and oxygen atoms in total. The number of halogens is 4. The van der Waals surface area contributed by atoms with Crippen molar-refractivity contribution in [3.63, 3.8) is 0 Å². The van der Waals surface area contributed by atoms with Crippen LogP contribution in [0.4, 0.5) is 29.1 Å². The van der Waals surface area contributed by atoms with Crippen molar-refractivity contribution in [2.24, 2.45) is 5.73 Å². The number of anilines is 2. The third kappa shape index (κ3) is 8.39. The summed E-state index contributed by atoms with van der Waals surface area (Å²) in [6, 6.07) is 7.31. The molecule has 210 valence electrons. The minimum absolute atomic E-state index is 0.105. The Morgan fingerprint density at radius 2 is 2.05 bits per heavy atom. The van der Waals surface area contributed by atoms with Gasteiger partial charge in [0.1, 0.15) is 0 Å². The van der Waals surface area contributed by atoms with Gasteiger partial charge in [-0.05, 0) is 6.20 Å². The molecule has 2 unspecified atom stereocenters. The Morgan fingerprint density at radius 3 is 2.72 bits per heavy atom. The van der Waals surface area contributed by atoms with Crippen LogP contribution in [0.15, 0.2) is 49.4 Å². The van der Waals surface area contributed by atoms with Crippen molar-refractivity contribution in [2.75, 3.05) is 37.3 Å². The molecular weight excluding hydrogens is 575 g/mol. The molecule has 0 spiro atoms. The van der Waals surface area contributed by atoms with E-state index in [0.717, 1.165) is 29.8 Å². The van der Waals surface area contributed by atoms with Crippen LogP contribution in [-0.4, -0.2) is 73.2 Å². The van der Waals surface area contributed by atoms with Gasteiger partial charge in [-0.3, -0.25) is 0 Å². The van der Waals surface area contributed by atoms with Crippen molar-refractivity contribution in [3.05, 3.63) is 66.1 Å². The molecule has 4 rings (SSSR count). The summed E-state index contributed by atoms with van der Waals surface area (Å²) in [6.45, 7) is 8.54. The number of fused-ring (bicyclic) bond motifs is 1. The van der Waals surface area contributed by atoms with Crippen LogP contribution < -0.4 is 21.0 Å². The Balaban J connectivity index is 0.00000134. The van der Waals surface area contributed by atoms with E-state index in [1.807, 2.05) is 31.0 Å². The van der Waals surface area contributed by atoms with Crippen LogP contribution in [0.5, 0.6) is 0 Å². The van der Waals surface area contributed by atoms with Gasteiger partial charge in [-0.25, -0.2) is 0 Å². The number of alkyl halides is 4. The van der Waals surface area contributed by atoms with Crippen molar-refractivity contribution in [2.45, 2.75) is 44.0 Å². The molecule has 39 heavy (non-hydrogen) atoms. The molecule has 1 fully saturated rings. The Morgan fingerprint density at radius 1 is 1.31 bits per heavy atom. The monoisotopic (exact) mass is 610 g/mol. The number of nitrogens with one attached hydrogen (secondary N) is 2. The minimum atomic E-state index is -4.34. The molecule has 0 aliphatic carbocycles. The number of piperidine rings is 1. The molecule has 0 bridgehead atoms. The van der Waals surface area contributed by atoms with E-state index in [0.29, 0.717) is 36.4 Å². The normalized spacial score (nSPS) is 17.5. The summed E-state index contributed by atoms with van der Waals surface area (Å²) in [7, 11) is 1.86. The van der Waals surface area contributed by atoms with Gasteiger partial charge in [-0.1, -0.05) is 6.58 Å². The van der Waals surface area contributed by atoms with Crippen LogP contribution in [0.2, 0.25) is 0 Å². The van der Waals surface area contributed by atoms with Gasteiger partial charge >= 0.3 is 215 Å². The second kappa shape index (κ2) is 13.7. The van der Waals surface area contributed by atoms with Gasteiger partial charge in [0.25, 0.3) is 0 Å². The predicted octanol–water partition coefficient (Wildman–Crippen LogP) is 4.06. The van der Waals surface area contributed by atoms with Gasteiger partial charge in [-0.2, -0.15) is 0 Å². The molecule has 3 heterocycles. The number of aryl methyl sites for hydroxylation is 2. The molecule has 2 aromatic heterocycles. The van der Waals surface area contributed by atoms with E-state index in [-0.39, 0.29) is 4.59 Å². The average molecular weight is 610 g/mol. The molecular formula is C28H34F4N6Se. The number of hydrogen-bond donors (Lipinski definition) is 3. The maximum atomic E-state index is 14.6. The van der Waals surface area contributed by atoms with E-state index in [2.05, 4.69) is 52.8 Å². The second-order valence-corrected chi connectivity index (χ2v) is 11.4. The Kier molecular flexibility index (Phi) is 10.7. The van der Waals surface area contributed by atoms with Crippen LogP contribution in [0.25, 0.3) is 5.52 Å². The van der Waals surface area contributed by atoms with Crippen molar-refractivity contribution in [1.82, 2.24) is 14.3 Å². The van der Waals surface area contributed by atoms with Crippen LogP contribution in [-0.2, 0) is 6.42 Å². The van der Waals surface area contributed by atoms with E-state index >= 15 is 0 Å². The molecule has 2 atom stereocenters. The quantitative estimate of drug-likeness (QED) is 0.224. The van der Waals surface area contributed by atoms with E-state index < -0.39 is 32.2 Å². The molecule has 4 N–H and O–H groups in total. The van der Waals surface area contributed by atoms with E-state index in [4.69, 9.17) is 0 Å². The first-order valence-corrected chi connectivity index (χ1v) is 14.3. The number of likely N-dealkylation sites (tertiary alicyclic amines) is 1. The van der Waals surface area contributed by atoms with Gasteiger partial charge in [-0.15, -0.1) is 0 Å². The second-order valence-electron chi connectivity index (χ2n) is 9.16. The zero-order valence-electron chi connectivity index (χ0n) is 22.3. The van der Waals surface area contributed by atoms with Gasteiger partial charge in [0.2, 0.25) is 0 Å². The maximum absolute atomic E-state index is 14.6. The number of hydrogen-bond acceptors (Lipinski definition) is 5. The van der Waals surface area contributed by atoms with Crippen molar-refractivity contribution in [3.8, 4) is 11.8 Å². The summed E-state index contributed by atoms with van der Waals surface area (Å²) >= 11 is -1.81. The average Bonchev–Trinajstić information content (AvgIpc) is 3.21. The van der Waals surface area contributed by atoms with Crippen LogP contribution in [0.1, 0.15) is 30.0 Å². The van der Waals surface area contributed by atoms with Gasteiger partial charge in [0.05, 0.1) is 0 Å². The standard InChI is InChI=1S/C26H29F4N5Se.C2H5N/c1-4-18-8-7-17(2)14-22(18)31-10-5-6-19-15-23-24(33-21-9-12-34(3)16-20(21)27)32-11-13-35(23)25(19)36-26(28,29)30;1-2-3/h7-8,11,13-15,20-21,31H,4,9-10,12,16H2,1-3H3,(H,32,33);2H,1,3H2. The first-order chi connectivity index (χ1) is 18.6. The molecule has 0 amide bonds. The van der Waals surface area contributed by atoms with E-state index in [1.54, 1.807) is 6.07 Å². The Bertz CT molecular complexity index is 1330. The molecule has 0 saturated carbocycles. The summed E-state index contributed by atoms with van der Waals surface area (Å²) in [4.78, 5) is 6.24. The fourth-order valence-electron chi connectivity index (χ4n) is 4.33. The fraction of sp³-hybridized carbons (Fsp3) is 0.393. The number of nitrogens with zero attached hydrogens (tertiary/aromatic N) is 3. The summed E-state index contributed by atoms with van der Waals surface area (Å²) in [6.07, 6.45) is 4.54. The number of rotatable bonds is 6. The molecule has 0 radical (unpaired) electrons. The van der Waals surface area contributed by atoms with Crippen LogP contribution >= 0.6 is 0 Å². The molecule has 1 saturated heterocycles. The van der Waals surface area contributed by atoms with Crippen molar-refractivity contribution >= 4 is 36.6 Å². The van der Waals surface area contributed by atoms with Crippen molar-refractivity contribution in [1.29, 1.82) is 0 Å². The molecule has 1 aliphatic heterocycles. The molecule has 1 aromatic carbocycles. The topological polar surface area (TPSA) is 70.6 Å². The number of aromatic nitrogens is 2.